The van der Waals surface area contributed by atoms with Gasteiger partial charge in [0, 0.05) is 15.9 Å². The minimum atomic E-state index is -1.23. The van der Waals surface area contributed by atoms with E-state index in [4.69, 9.17) is 9.15 Å². The summed E-state index contributed by atoms with van der Waals surface area (Å²) in [4.78, 5) is 13.0. The fourth-order valence-electron chi connectivity index (χ4n) is 2.70. The molecule has 0 bridgehead atoms. The molecule has 0 aliphatic heterocycles. The lowest BCUT2D eigenvalue weighted by Gasteiger charge is -2.06. The van der Waals surface area contributed by atoms with Crippen LogP contribution in [-0.4, -0.2) is 23.3 Å². The Balaban J connectivity index is 1.48. The van der Waals surface area contributed by atoms with Gasteiger partial charge in [-0.15, -0.1) is 0 Å². The second-order valence-electron chi connectivity index (χ2n) is 6.29. The summed E-state index contributed by atoms with van der Waals surface area (Å²) in [6.45, 7) is 3.08. The molecule has 3 rings (SSSR count). The summed E-state index contributed by atoms with van der Waals surface area (Å²) in [5.41, 5.74) is 1.11. The highest BCUT2D eigenvalue weighted by molar-refractivity contribution is 9.10. The predicted octanol–water partition coefficient (Wildman–Crippen LogP) is 4.72. The van der Waals surface area contributed by atoms with Crippen molar-refractivity contribution in [2.45, 2.75) is 24.0 Å². The average molecular weight is 476 g/mol. The third kappa shape index (κ3) is 6.30. The van der Waals surface area contributed by atoms with Crippen LogP contribution in [0.25, 0.3) is 0 Å². The summed E-state index contributed by atoms with van der Waals surface area (Å²) in [6.07, 6.45) is 0.708. The molecule has 1 heterocycles. The van der Waals surface area contributed by atoms with Crippen molar-refractivity contribution in [3.63, 3.8) is 0 Å². The normalized spacial score (nSPS) is 11.8. The molecule has 0 unspecified atom stereocenters. The lowest BCUT2D eigenvalue weighted by atomic mass is 10.1. The first-order valence-corrected chi connectivity index (χ1v) is 11.4. The van der Waals surface area contributed by atoms with Crippen molar-refractivity contribution in [3.8, 4) is 5.75 Å². The zero-order valence-electron chi connectivity index (χ0n) is 16.0. The van der Waals surface area contributed by atoms with Gasteiger partial charge in [-0.3, -0.25) is 9.00 Å². The van der Waals surface area contributed by atoms with Gasteiger partial charge in [-0.25, -0.2) is 0 Å². The van der Waals surface area contributed by atoms with Crippen LogP contribution >= 0.6 is 15.9 Å². The molecule has 0 aliphatic carbocycles. The third-order valence-corrected chi connectivity index (χ3v) is 6.04. The maximum Gasteiger partial charge on any atom is 0.287 e. The summed E-state index contributed by atoms with van der Waals surface area (Å²) >= 11 is 3.36. The Bertz CT molecular complexity index is 967. The van der Waals surface area contributed by atoms with E-state index < -0.39 is 10.8 Å². The van der Waals surface area contributed by atoms with E-state index in [-0.39, 0.29) is 17.4 Å². The Morgan fingerprint density at radius 3 is 2.48 bits per heavy atom. The van der Waals surface area contributed by atoms with Crippen LogP contribution in [0.1, 0.15) is 28.8 Å². The number of carbonyl (C=O) groups is 1. The zero-order chi connectivity index (χ0) is 20.6. The smallest absolute Gasteiger partial charge is 0.287 e. The number of hydrogen-bond donors (Lipinski definition) is 1. The van der Waals surface area contributed by atoms with Gasteiger partial charge >= 0.3 is 0 Å². The summed E-state index contributed by atoms with van der Waals surface area (Å²) in [5, 5.41) is 2.85. The second kappa shape index (κ2) is 10.4. The van der Waals surface area contributed by atoms with Gasteiger partial charge in [0.05, 0.1) is 23.2 Å². The van der Waals surface area contributed by atoms with Gasteiger partial charge in [-0.2, -0.15) is 0 Å². The summed E-state index contributed by atoms with van der Waals surface area (Å²) in [7, 11) is -1.23. The first-order chi connectivity index (χ1) is 14.0. The summed E-state index contributed by atoms with van der Waals surface area (Å²) in [6, 6.07) is 18.4. The van der Waals surface area contributed by atoms with E-state index in [1.807, 2.05) is 43.3 Å². The molecule has 0 radical (unpaired) electrons. The van der Waals surface area contributed by atoms with E-state index in [0.717, 1.165) is 15.8 Å². The SMILES string of the molecule is CCOc1ccc(CCNC(=O)c2ccc(C[S@@](=O)c3ccc(Br)cc3)o2)cc1. The number of halogens is 1. The minimum absolute atomic E-state index is 0.222. The van der Waals surface area contributed by atoms with Crippen molar-refractivity contribution in [1.29, 1.82) is 0 Å². The summed E-state index contributed by atoms with van der Waals surface area (Å²) in [5.74, 6) is 1.52. The van der Waals surface area contributed by atoms with Crippen molar-refractivity contribution >= 4 is 32.6 Å². The van der Waals surface area contributed by atoms with E-state index >= 15 is 0 Å². The van der Waals surface area contributed by atoms with Crippen LogP contribution in [0.3, 0.4) is 0 Å². The molecule has 0 spiro atoms. The number of carbonyl (C=O) groups excluding carboxylic acids is 1. The molecular weight excluding hydrogens is 454 g/mol. The van der Waals surface area contributed by atoms with Crippen molar-refractivity contribution < 1.29 is 18.2 Å². The Morgan fingerprint density at radius 1 is 1.07 bits per heavy atom. The predicted molar refractivity (Wildman–Crippen MR) is 117 cm³/mol. The van der Waals surface area contributed by atoms with Crippen LogP contribution in [0.5, 0.6) is 5.75 Å². The minimum Gasteiger partial charge on any atom is -0.494 e. The number of nitrogens with one attached hydrogen (secondary N) is 1. The van der Waals surface area contributed by atoms with Crippen LogP contribution in [0.15, 0.2) is 74.4 Å². The van der Waals surface area contributed by atoms with Crippen LogP contribution < -0.4 is 10.1 Å². The number of hydrogen-bond acceptors (Lipinski definition) is 4. The van der Waals surface area contributed by atoms with Crippen molar-refractivity contribution in [3.05, 3.63) is 82.2 Å². The largest absolute Gasteiger partial charge is 0.494 e. The van der Waals surface area contributed by atoms with E-state index in [2.05, 4.69) is 21.2 Å². The Hall–Kier alpha value is -2.38. The van der Waals surface area contributed by atoms with E-state index in [0.29, 0.717) is 30.2 Å². The molecule has 5 nitrogen and oxygen atoms in total. The Labute approximate surface area is 181 Å². The van der Waals surface area contributed by atoms with Gasteiger partial charge in [0.25, 0.3) is 5.91 Å². The molecule has 3 aromatic rings. The molecule has 1 N–H and O–H groups in total. The highest BCUT2D eigenvalue weighted by Gasteiger charge is 2.13. The molecule has 29 heavy (non-hydrogen) atoms. The van der Waals surface area contributed by atoms with Crippen molar-refractivity contribution in [2.24, 2.45) is 0 Å². The molecule has 1 amide bonds. The number of rotatable bonds is 9. The third-order valence-electron chi connectivity index (χ3n) is 4.17. The van der Waals surface area contributed by atoms with Gasteiger partial charge in [0.1, 0.15) is 11.5 Å². The fourth-order valence-corrected chi connectivity index (χ4v) is 3.99. The molecule has 2 aromatic carbocycles. The quantitative estimate of drug-likeness (QED) is 0.485. The molecule has 1 aromatic heterocycles. The maximum atomic E-state index is 12.4. The lowest BCUT2D eigenvalue weighted by Crippen LogP contribution is -2.25. The first-order valence-electron chi connectivity index (χ1n) is 9.27. The second-order valence-corrected chi connectivity index (χ2v) is 8.66. The van der Waals surface area contributed by atoms with Crippen LogP contribution in [-0.2, 0) is 23.0 Å². The monoisotopic (exact) mass is 475 g/mol. The van der Waals surface area contributed by atoms with E-state index in [1.165, 1.54) is 0 Å². The fraction of sp³-hybridized carbons (Fsp3) is 0.227. The zero-order valence-corrected chi connectivity index (χ0v) is 18.4. The van der Waals surface area contributed by atoms with Crippen molar-refractivity contribution in [2.75, 3.05) is 13.2 Å². The Morgan fingerprint density at radius 2 is 1.79 bits per heavy atom. The van der Waals surface area contributed by atoms with Gasteiger partial charge in [0.15, 0.2) is 5.76 Å². The molecule has 152 valence electrons. The number of ether oxygens (including phenoxy) is 1. The molecule has 0 saturated carbocycles. The average Bonchev–Trinajstić information content (AvgIpc) is 3.18. The number of furan rings is 1. The van der Waals surface area contributed by atoms with Gasteiger partial charge in [-0.1, -0.05) is 28.1 Å². The topological polar surface area (TPSA) is 68.5 Å². The molecule has 7 heteroatoms. The van der Waals surface area contributed by atoms with Crippen LogP contribution in [0.4, 0.5) is 0 Å². The van der Waals surface area contributed by atoms with Gasteiger partial charge < -0.3 is 14.5 Å². The molecular formula is C22H22BrNO4S. The standard InChI is InChI=1S/C22H22BrNO4S/c1-2-27-18-7-3-16(4-8-18)13-14-24-22(25)21-12-9-19(28-21)15-29(26)20-10-5-17(23)6-11-20/h3-12H,2,13-15H2,1H3,(H,24,25)/t29-/m1/s1. The number of benzene rings is 2. The van der Waals surface area contributed by atoms with Gasteiger partial charge in [-0.05, 0) is 67.4 Å². The lowest BCUT2D eigenvalue weighted by molar-refractivity contribution is 0.0925. The summed E-state index contributed by atoms with van der Waals surface area (Å²) < 4.78 is 24.4. The van der Waals surface area contributed by atoms with E-state index in [9.17, 15) is 9.00 Å². The number of amides is 1. The highest BCUT2D eigenvalue weighted by Crippen LogP contribution is 2.18. The van der Waals surface area contributed by atoms with Gasteiger partial charge in [0.2, 0.25) is 0 Å². The molecule has 1 atom stereocenters. The van der Waals surface area contributed by atoms with Crippen LogP contribution in [0, 0.1) is 0 Å². The first kappa shape index (κ1) is 21.3. The maximum absolute atomic E-state index is 12.4. The van der Waals surface area contributed by atoms with Crippen LogP contribution in [0.2, 0.25) is 0 Å². The molecule has 0 aliphatic rings. The van der Waals surface area contributed by atoms with E-state index in [1.54, 1.807) is 24.3 Å². The molecule has 0 fully saturated rings. The highest BCUT2D eigenvalue weighted by atomic mass is 79.9. The van der Waals surface area contributed by atoms with Crippen molar-refractivity contribution in [1.82, 2.24) is 5.32 Å². The molecule has 0 saturated heterocycles. The Kier molecular flexibility index (Phi) is 7.66.